The van der Waals surface area contributed by atoms with Gasteiger partial charge in [0.1, 0.15) is 0 Å². The van der Waals surface area contributed by atoms with E-state index in [4.69, 9.17) is 0 Å². The molecule has 0 unspecified atom stereocenters. The van der Waals surface area contributed by atoms with Crippen molar-refractivity contribution < 1.29 is 4.79 Å². The van der Waals surface area contributed by atoms with Gasteiger partial charge < -0.3 is 10.2 Å². The molecule has 1 saturated heterocycles. The van der Waals surface area contributed by atoms with E-state index in [0.717, 1.165) is 50.4 Å². The molecule has 0 radical (unpaired) electrons. The number of anilines is 2. The average Bonchev–Trinajstić information content (AvgIpc) is 2.97. The van der Waals surface area contributed by atoms with E-state index in [0.29, 0.717) is 0 Å². The quantitative estimate of drug-likeness (QED) is 0.872. The minimum Gasteiger partial charge on any atom is -0.308 e. The zero-order chi connectivity index (χ0) is 18.1. The fourth-order valence-electron chi connectivity index (χ4n) is 4.40. The minimum absolute atomic E-state index is 0.0314. The standard InChI is InChI=1S/C22H27N3O/c1-3-24-13-11-22(12-14-24)16-25(20-10-9-17(2)15-19(20)22)21(26)23-18-7-5-4-6-8-18/h4-10,15H,3,11-14,16H2,1-2H3,(H,23,26). The largest absolute Gasteiger partial charge is 0.326 e. The normalized spacial score (nSPS) is 18.8. The third kappa shape index (κ3) is 2.99. The molecule has 2 amide bonds. The topological polar surface area (TPSA) is 35.6 Å². The van der Waals surface area contributed by atoms with Crippen LogP contribution in [0.15, 0.2) is 48.5 Å². The fraction of sp³-hybridized carbons (Fsp3) is 0.409. The number of carbonyl (C=O) groups excluding carboxylic acids is 1. The number of likely N-dealkylation sites (tertiary alicyclic amines) is 1. The number of benzene rings is 2. The number of piperidine rings is 1. The molecule has 4 rings (SSSR count). The Morgan fingerprint density at radius 1 is 1.12 bits per heavy atom. The van der Waals surface area contributed by atoms with E-state index in [9.17, 15) is 4.79 Å². The van der Waals surface area contributed by atoms with Gasteiger partial charge in [0.05, 0.1) is 0 Å². The first-order chi connectivity index (χ1) is 12.6. The second-order valence-corrected chi connectivity index (χ2v) is 7.62. The summed E-state index contributed by atoms with van der Waals surface area (Å²) in [6.45, 7) is 8.47. The molecule has 1 spiro atoms. The predicted octanol–water partition coefficient (Wildman–Crippen LogP) is 4.40. The van der Waals surface area contributed by atoms with Crippen molar-refractivity contribution in [3.05, 3.63) is 59.7 Å². The van der Waals surface area contributed by atoms with Gasteiger partial charge in [-0.15, -0.1) is 0 Å². The first-order valence-electron chi connectivity index (χ1n) is 9.58. The van der Waals surface area contributed by atoms with Gasteiger partial charge in [-0.3, -0.25) is 4.90 Å². The molecular weight excluding hydrogens is 322 g/mol. The summed E-state index contributed by atoms with van der Waals surface area (Å²) < 4.78 is 0. The van der Waals surface area contributed by atoms with Gasteiger partial charge in [0.2, 0.25) is 0 Å². The highest BCUT2D eigenvalue weighted by Gasteiger charge is 2.46. The van der Waals surface area contributed by atoms with Gasteiger partial charge in [0.15, 0.2) is 0 Å². The number of carbonyl (C=O) groups is 1. The molecule has 0 atom stereocenters. The molecule has 2 aliphatic heterocycles. The summed E-state index contributed by atoms with van der Waals surface area (Å²) >= 11 is 0. The summed E-state index contributed by atoms with van der Waals surface area (Å²) in [5.41, 5.74) is 4.64. The molecule has 4 heteroatoms. The first kappa shape index (κ1) is 17.1. The van der Waals surface area contributed by atoms with Crippen molar-refractivity contribution in [2.45, 2.75) is 32.1 Å². The molecule has 1 N–H and O–H groups in total. The Hall–Kier alpha value is -2.33. The fourth-order valence-corrected chi connectivity index (χ4v) is 4.40. The molecule has 2 aromatic carbocycles. The maximum atomic E-state index is 13.0. The van der Waals surface area contributed by atoms with Crippen LogP contribution in [0.5, 0.6) is 0 Å². The highest BCUT2D eigenvalue weighted by Crippen LogP contribution is 2.47. The van der Waals surface area contributed by atoms with Crippen LogP contribution >= 0.6 is 0 Å². The van der Waals surface area contributed by atoms with Crippen LogP contribution in [0.3, 0.4) is 0 Å². The lowest BCUT2D eigenvalue weighted by Crippen LogP contribution is -2.46. The van der Waals surface area contributed by atoms with E-state index < -0.39 is 0 Å². The van der Waals surface area contributed by atoms with Crippen molar-refractivity contribution in [1.29, 1.82) is 0 Å². The molecule has 0 saturated carbocycles. The number of aryl methyl sites for hydroxylation is 1. The van der Waals surface area contributed by atoms with Crippen molar-refractivity contribution in [2.75, 3.05) is 36.4 Å². The van der Waals surface area contributed by atoms with Crippen LogP contribution < -0.4 is 10.2 Å². The van der Waals surface area contributed by atoms with Gasteiger partial charge in [0.25, 0.3) is 0 Å². The van der Waals surface area contributed by atoms with E-state index in [1.54, 1.807) is 0 Å². The summed E-state index contributed by atoms with van der Waals surface area (Å²) in [6.07, 6.45) is 2.23. The van der Waals surface area contributed by atoms with E-state index in [2.05, 4.69) is 42.3 Å². The second-order valence-electron chi connectivity index (χ2n) is 7.62. The molecule has 0 aliphatic carbocycles. The van der Waals surface area contributed by atoms with Gasteiger partial charge in [-0.05, 0) is 63.2 Å². The molecule has 4 nitrogen and oxygen atoms in total. The van der Waals surface area contributed by atoms with E-state index in [-0.39, 0.29) is 11.4 Å². The number of hydrogen-bond donors (Lipinski definition) is 1. The summed E-state index contributed by atoms with van der Waals surface area (Å²) in [5, 5.41) is 3.06. The summed E-state index contributed by atoms with van der Waals surface area (Å²) in [5.74, 6) is 0. The molecule has 1 fully saturated rings. The predicted molar refractivity (Wildman–Crippen MR) is 107 cm³/mol. The molecule has 0 bridgehead atoms. The lowest BCUT2D eigenvalue weighted by atomic mass is 9.74. The Kier molecular flexibility index (Phi) is 4.45. The number of hydrogen-bond acceptors (Lipinski definition) is 2. The Morgan fingerprint density at radius 3 is 2.54 bits per heavy atom. The van der Waals surface area contributed by atoms with E-state index in [1.807, 2.05) is 35.2 Å². The Labute approximate surface area is 155 Å². The van der Waals surface area contributed by atoms with E-state index in [1.165, 1.54) is 11.1 Å². The molecule has 2 heterocycles. The molecule has 2 aliphatic rings. The maximum absolute atomic E-state index is 13.0. The molecular formula is C22H27N3O. The average molecular weight is 349 g/mol. The highest BCUT2D eigenvalue weighted by molar-refractivity contribution is 6.03. The third-order valence-electron chi connectivity index (χ3n) is 6.01. The van der Waals surface area contributed by atoms with Gasteiger partial charge >= 0.3 is 6.03 Å². The maximum Gasteiger partial charge on any atom is 0.326 e. The van der Waals surface area contributed by atoms with Crippen molar-refractivity contribution in [1.82, 2.24) is 4.90 Å². The smallest absolute Gasteiger partial charge is 0.308 e. The lowest BCUT2D eigenvalue weighted by Gasteiger charge is -2.39. The first-order valence-corrected chi connectivity index (χ1v) is 9.58. The number of para-hydroxylation sites is 1. The Bertz CT molecular complexity index is 794. The lowest BCUT2D eigenvalue weighted by molar-refractivity contribution is 0.173. The van der Waals surface area contributed by atoms with Crippen molar-refractivity contribution in [2.24, 2.45) is 0 Å². The number of nitrogens with one attached hydrogen (secondary N) is 1. The van der Waals surface area contributed by atoms with Crippen LogP contribution in [0, 0.1) is 6.92 Å². The molecule has 0 aromatic heterocycles. The van der Waals surface area contributed by atoms with Gasteiger partial charge in [-0.25, -0.2) is 4.79 Å². The van der Waals surface area contributed by atoms with Crippen molar-refractivity contribution in [3.8, 4) is 0 Å². The second kappa shape index (κ2) is 6.76. The molecule has 2 aromatic rings. The van der Waals surface area contributed by atoms with Crippen molar-refractivity contribution >= 4 is 17.4 Å². The summed E-state index contributed by atoms with van der Waals surface area (Å²) in [7, 11) is 0. The molecule has 26 heavy (non-hydrogen) atoms. The number of amides is 2. The van der Waals surface area contributed by atoms with Crippen LogP contribution in [0.4, 0.5) is 16.2 Å². The number of urea groups is 1. The van der Waals surface area contributed by atoms with Crippen LogP contribution in [-0.2, 0) is 5.41 Å². The Morgan fingerprint density at radius 2 is 1.85 bits per heavy atom. The highest BCUT2D eigenvalue weighted by atomic mass is 16.2. The minimum atomic E-state index is -0.0314. The van der Waals surface area contributed by atoms with Crippen LogP contribution in [0.25, 0.3) is 0 Å². The van der Waals surface area contributed by atoms with Crippen molar-refractivity contribution in [3.63, 3.8) is 0 Å². The van der Waals surface area contributed by atoms with Gasteiger partial charge in [-0.2, -0.15) is 0 Å². The van der Waals surface area contributed by atoms with Crippen LogP contribution in [0.1, 0.15) is 30.9 Å². The number of nitrogens with zero attached hydrogens (tertiary/aromatic N) is 2. The molecule has 136 valence electrons. The zero-order valence-electron chi connectivity index (χ0n) is 15.7. The van der Waals surface area contributed by atoms with Crippen LogP contribution in [0.2, 0.25) is 0 Å². The number of fused-ring (bicyclic) bond motifs is 2. The Balaban J connectivity index is 1.63. The zero-order valence-corrected chi connectivity index (χ0v) is 15.7. The third-order valence-corrected chi connectivity index (χ3v) is 6.01. The number of rotatable bonds is 2. The SMILES string of the molecule is CCN1CCC2(CC1)CN(C(=O)Nc1ccccc1)c1ccc(C)cc12. The summed E-state index contributed by atoms with van der Waals surface area (Å²) in [4.78, 5) is 17.5. The van der Waals surface area contributed by atoms with E-state index >= 15 is 0 Å². The summed E-state index contributed by atoms with van der Waals surface area (Å²) in [6, 6.07) is 16.2. The van der Waals surface area contributed by atoms with Gasteiger partial charge in [0, 0.05) is 23.3 Å². The van der Waals surface area contributed by atoms with Crippen LogP contribution in [-0.4, -0.2) is 37.1 Å². The van der Waals surface area contributed by atoms with Gasteiger partial charge in [-0.1, -0.05) is 42.8 Å². The monoisotopic (exact) mass is 349 g/mol.